The highest BCUT2D eigenvalue weighted by Gasteiger charge is 2.15. The normalized spacial score (nSPS) is 10.6. The van der Waals surface area contributed by atoms with Crippen molar-refractivity contribution in [3.05, 3.63) is 60.2 Å². The van der Waals surface area contributed by atoms with Gasteiger partial charge in [0.2, 0.25) is 5.91 Å². The van der Waals surface area contributed by atoms with Gasteiger partial charge in [0.05, 0.1) is 18.2 Å². The highest BCUT2D eigenvalue weighted by Crippen LogP contribution is 2.39. The number of thiophene rings is 1. The Kier molecular flexibility index (Phi) is 4.90. The van der Waals surface area contributed by atoms with Gasteiger partial charge in [-0.3, -0.25) is 4.79 Å². The van der Waals surface area contributed by atoms with Crippen molar-refractivity contribution < 1.29 is 9.53 Å². The number of nitrogens with zero attached hydrogens (tertiary/aromatic N) is 2. The number of nitrogens with one attached hydrogen (secondary N) is 2. The summed E-state index contributed by atoms with van der Waals surface area (Å²) in [4.78, 5) is 21.2. The van der Waals surface area contributed by atoms with E-state index in [1.807, 2.05) is 24.3 Å². The Morgan fingerprint density at radius 2 is 1.93 bits per heavy atom. The van der Waals surface area contributed by atoms with Gasteiger partial charge in [-0.15, -0.1) is 11.3 Å². The fourth-order valence-corrected chi connectivity index (χ4v) is 3.93. The third-order valence-corrected chi connectivity index (χ3v) is 5.11. The van der Waals surface area contributed by atoms with Gasteiger partial charge in [0.15, 0.2) is 0 Å². The molecule has 0 atom stereocenters. The zero-order chi connectivity index (χ0) is 19.5. The summed E-state index contributed by atoms with van der Waals surface area (Å²) in [6.45, 7) is 1.47. The molecule has 2 aromatic heterocycles. The first kappa shape index (κ1) is 17.9. The Labute approximate surface area is 166 Å². The molecule has 0 radical (unpaired) electrons. The van der Waals surface area contributed by atoms with Crippen molar-refractivity contribution in [3.8, 4) is 16.9 Å². The number of amides is 1. The van der Waals surface area contributed by atoms with Crippen molar-refractivity contribution >= 4 is 44.7 Å². The Balaban J connectivity index is 1.80. The molecule has 0 fully saturated rings. The summed E-state index contributed by atoms with van der Waals surface area (Å²) < 4.78 is 5.47. The molecule has 0 saturated carbocycles. The summed E-state index contributed by atoms with van der Waals surface area (Å²) in [6, 6.07) is 15.6. The van der Waals surface area contributed by atoms with Gasteiger partial charge < -0.3 is 15.4 Å². The first-order valence-electron chi connectivity index (χ1n) is 8.66. The molecule has 7 heteroatoms. The minimum absolute atomic E-state index is 0.134. The minimum Gasteiger partial charge on any atom is -0.495 e. The van der Waals surface area contributed by atoms with Gasteiger partial charge >= 0.3 is 0 Å². The van der Waals surface area contributed by atoms with Crippen LogP contribution in [0, 0.1) is 0 Å². The monoisotopic (exact) mass is 390 g/mol. The minimum atomic E-state index is -0.134. The van der Waals surface area contributed by atoms with Crippen LogP contribution in [-0.4, -0.2) is 23.0 Å². The van der Waals surface area contributed by atoms with Crippen molar-refractivity contribution in [2.75, 3.05) is 17.7 Å². The van der Waals surface area contributed by atoms with Gasteiger partial charge in [-0.05, 0) is 23.8 Å². The van der Waals surface area contributed by atoms with E-state index in [-0.39, 0.29) is 5.91 Å². The molecule has 0 unspecified atom stereocenters. The number of ether oxygens (including phenoxy) is 1. The maximum atomic E-state index is 11.4. The van der Waals surface area contributed by atoms with E-state index < -0.39 is 0 Å². The second kappa shape index (κ2) is 7.66. The molecule has 6 nitrogen and oxygen atoms in total. The van der Waals surface area contributed by atoms with Crippen LogP contribution in [0.3, 0.4) is 0 Å². The second-order valence-electron chi connectivity index (χ2n) is 6.14. The van der Waals surface area contributed by atoms with Crippen LogP contribution in [0.5, 0.6) is 5.75 Å². The fourth-order valence-electron chi connectivity index (χ4n) is 3.01. The van der Waals surface area contributed by atoms with Crippen LogP contribution in [0.25, 0.3) is 21.3 Å². The molecule has 0 spiro atoms. The summed E-state index contributed by atoms with van der Waals surface area (Å²) in [7, 11) is 1.61. The van der Waals surface area contributed by atoms with Crippen LogP contribution in [0.1, 0.15) is 6.92 Å². The van der Waals surface area contributed by atoms with E-state index in [1.54, 1.807) is 36.9 Å². The maximum Gasteiger partial charge on any atom is 0.221 e. The number of hydrogen-bond acceptors (Lipinski definition) is 6. The Morgan fingerprint density at radius 3 is 2.68 bits per heavy atom. The van der Waals surface area contributed by atoms with Crippen LogP contribution in [0.15, 0.2) is 60.2 Å². The van der Waals surface area contributed by atoms with E-state index in [0.29, 0.717) is 22.9 Å². The first-order chi connectivity index (χ1) is 13.7. The molecule has 4 rings (SSSR count). The molecular weight excluding hydrogens is 372 g/mol. The highest BCUT2D eigenvalue weighted by atomic mass is 32.1. The Bertz CT molecular complexity index is 1140. The predicted octanol–water partition coefficient (Wildman–Crippen LogP) is 5.07. The molecule has 140 valence electrons. The third kappa shape index (κ3) is 3.52. The second-order valence-corrected chi connectivity index (χ2v) is 7.00. The number of methoxy groups -OCH3 is 1. The number of carbonyl (C=O) groups excluding carboxylic acids is 1. The third-order valence-electron chi connectivity index (χ3n) is 4.23. The average molecular weight is 390 g/mol. The number of benzene rings is 2. The molecule has 2 aromatic carbocycles. The molecule has 4 aromatic rings. The van der Waals surface area contributed by atoms with E-state index in [9.17, 15) is 4.79 Å². The number of rotatable bonds is 5. The smallest absolute Gasteiger partial charge is 0.221 e. The quantitative estimate of drug-likeness (QED) is 0.498. The zero-order valence-electron chi connectivity index (χ0n) is 15.4. The SMILES string of the molecule is COc1ccc(NC(C)=O)cc1Nc1ncnc2scc(-c3ccccc3)c12. The topological polar surface area (TPSA) is 76.1 Å². The largest absolute Gasteiger partial charge is 0.495 e. The van der Waals surface area contributed by atoms with Crippen LogP contribution in [0.2, 0.25) is 0 Å². The Morgan fingerprint density at radius 1 is 1.11 bits per heavy atom. The van der Waals surface area contributed by atoms with Gasteiger partial charge in [0.1, 0.15) is 22.7 Å². The molecule has 0 aliphatic heterocycles. The number of carbonyl (C=O) groups is 1. The number of hydrogen-bond donors (Lipinski definition) is 2. The Hall–Kier alpha value is -3.45. The highest BCUT2D eigenvalue weighted by molar-refractivity contribution is 7.17. The molecule has 28 heavy (non-hydrogen) atoms. The van der Waals surface area contributed by atoms with E-state index in [1.165, 1.54) is 6.92 Å². The summed E-state index contributed by atoms with van der Waals surface area (Å²) in [6.07, 6.45) is 1.54. The lowest BCUT2D eigenvalue weighted by molar-refractivity contribution is -0.114. The van der Waals surface area contributed by atoms with Gasteiger partial charge in [0, 0.05) is 23.6 Å². The molecule has 0 saturated heterocycles. The van der Waals surface area contributed by atoms with Crippen LogP contribution < -0.4 is 15.4 Å². The number of aromatic nitrogens is 2. The average Bonchev–Trinajstić information content (AvgIpc) is 3.14. The molecule has 1 amide bonds. The van der Waals surface area contributed by atoms with E-state index >= 15 is 0 Å². The van der Waals surface area contributed by atoms with E-state index in [2.05, 4.69) is 38.1 Å². The van der Waals surface area contributed by atoms with Crippen LogP contribution in [0.4, 0.5) is 17.2 Å². The van der Waals surface area contributed by atoms with E-state index in [0.717, 1.165) is 21.3 Å². The van der Waals surface area contributed by atoms with Gasteiger partial charge in [-0.1, -0.05) is 30.3 Å². The lowest BCUT2D eigenvalue weighted by Gasteiger charge is -2.14. The van der Waals surface area contributed by atoms with Crippen LogP contribution >= 0.6 is 11.3 Å². The molecule has 0 aliphatic rings. The van der Waals surface area contributed by atoms with Crippen LogP contribution in [-0.2, 0) is 4.79 Å². The number of fused-ring (bicyclic) bond motifs is 1. The van der Waals surface area contributed by atoms with Gasteiger partial charge in [-0.2, -0.15) is 0 Å². The van der Waals surface area contributed by atoms with Crippen molar-refractivity contribution in [2.45, 2.75) is 6.92 Å². The zero-order valence-corrected chi connectivity index (χ0v) is 16.2. The summed E-state index contributed by atoms with van der Waals surface area (Å²) in [5, 5.41) is 9.18. The molecule has 0 aliphatic carbocycles. The van der Waals surface area contributed by atoms with Crippen molar-refractivity contribution in [3.63, 3.8) is 0 Å². The summed E-state index contributed by atoms with van der Waals surface area (Å²) >= 11 is 1.58. The lowest BCUT2D eigenvalue weighted by atomic mass is 10.1. The molecule has 0 bridgehead atoms. The van der Waals surface area contributed by atoms with Crippen molar-refractivity contribution in [2.24, 2.45) is 0 Å². The molecule has 2 N–H and O–H groups in total. The predicted molar refractivity (Wildman–Crippen MR) is 113 cm³/mol. The lowest BCUT2D eigenvalue weighted by Crippen LogP contribution is -2.06. The van der Waals surface area contributed by atoms with E-state index in [4.69, 9.17) is 4.74 Å². The molecule has 2 heterocycles. The van der Waals surface area contributed by atoms with Crippen molar-refractivity contribution in [1.82, 2.24) is 9.97 Å². The molecular formula is C21H18N4O2S. The number of anilines is 3. The first-order valence-corrected chi connectivity index (χ1v) is 9.54. The maximum absolute atomic E-state index is 11.4. The summed E-state index contributed by atoms with van der Waals surface area (Å²) in [5.74, 6) is 1.20. The fraction of sp³-hybridized carbons (Fsp3) is 0.0952. The standard InChI is InChI=1S/C21H18N4O2S/c1-13(26)24-15-8-9-18(27-2)17(10-15)25-20-19-16(14-6-4-3-5-7-14)11-28-21(19)23-12-22-20/h3-12H,1-2H3,(H,24,26)(H,22,23,25). The van der Waals surface area contributed by atoms with Crippen molar-refractivity contribution in [1.29, 1.82) is 0 Å². The summed E-state index contributed by atoms with van der Waals surface area (Å²) in [5.41, 5.74) is 3.56. The van der Waals surface area contributed by atoms with Gasteiger partial charge in [-0.25, -0.2) is 9.97 Å². The van der Waals surface area contributed by atoms with Gasteiger partial charge in [0.25, 0.3) is 0 Å².